The number of hydrogen-bond donors (Lipinski definition) is 1. The van der Waals surface area contributed by atoms with Crippen LogP contribution >= 0.6 is 0 Å². The Labute approximate surface area is 216 Å². The van der Waals surface area contributed by atoms with Crippen LogP contribution in [0.2, 0.25) is 0 Å². The number of hydrogen-bond acceptors (Lipinski definition) is 6. The van der Waals surface area contributed by atoms with Gasteiger partial charge in [-0.1, -0.05) is 6.07 Å². The van der Waals surface area contributed by atoms with Crippen molar-refractivity contribution < 1.29 is 9.53 Å². The predicted molar refractivity (Wildman–Crippen MR) is 143 cm³/mol. The van der Waals surface area contributed by atoms with E-state index in [0.717, 1.165) is 78.4 Å². The molecule has 1 aliphatic carbocycles. The van der Waals surface area contributed by atoms with Gasteiger partial charge in [0.25, 0.3) is 5.91 Å². The van der Waals surface area contributed by atoms with Gasteiger partial charge in [-0.15, -0.1) is 0 Å². The van der Waals surface area contributed by atoms with Gasteiger partial charge in [0, 0.05) is 62.0 Å². The Morgan fingerprint density at radius 2 is 1.78 bits per heavy atom. The van der Waals surface area contributed by atoms with E-state index in [1.165, 1.54) is 12.8 Å². The van der Waals surface area contributed by atoms with Gasteiger partial charge in [-0.2, -0.15) is 0 Å². The molecule has 4 heterocycles. The highest BCUT2D eigenvalue weighted by molar-refractivity contribution is 5.98. The number of H-pyrrole nitrogens is 1. The standard InChI is InChI=1S/C29H32N6O2/c1-34-12-14-35(15-13-34)29(36)27-18-21-16-20(6-7-24(21)32-27)17-28-31-11-9-25(33-28)26-19-23(8-10-30-26)37-22-4-2-3-5-22/h6-11,16,18-19,22,32H,2-5,12-15,17H2,1H3. The second kappa shape index (κ2) is 10.3. The lowest BCUT2D eigenvalue weighted by Gasteiger charge is -2.32. The maximum Gasteiger partial charge on any atom is 0.270 e. The van der Waals surface area contributed by atoms with Crippen molar-refractivity contribution in [1.82, 2.24) is 29.7 Å². The van der Waals surface area contributed by atoms with Crippen LogP contribution in [0.4, 0.5) is 0 Å². The van der Waals surface area contributed by atoms with Crippen LogP contribution in [0.15, 0.2) is 54.9 Å². The fourth-order valence-corrected chi connectivity index (χ4v) is 5.22. The van der Waals surface area contributed by atoms with E-state index in [9.17, 15) is 4.79 Å². The quantitative estimate of drug-likeness (QED) is 0.428. The molecule has 6 rings (SSSR count). The first-order valence-corrected chi connectivity index (χ1v) is 13.2. The average Bonchev–Trinajstić information content (AvgIpc) is 3.59. The largest absolute Gasteiger partial charge is 0.490 e. The van der Waals surface area contributed by atoms with Crippen LogP contribution in [0.1, 0.15) is 47.6 Å². The number of piperazine rings is 1. The highest BCUT2D eigenvalue weighted by atomic mass is 16.5. The lowest BCUT2D eigenvalue weighted by Crippen LogP contribution is -2.47. The van der Waals surface area contributed by atoms with E-state index in [-0.39, 0.29) is 5.91 Å². The molecule has 1 saturated heterocycles. The summed E-state index contributed by atoms with van der Waals surface area (Å²) >= 11 is 0. The number of carbonyl (C=O) groups is 1. The van der Waals surface area contributed by atoms with E-state index in [2.05, 4.69) is 39.0 Å². The van der Waals surface area contributed by atoms with Crippen molar-refractivity contribution >= 4 is 16.8 Å². The molecule has 3 aromatic heterocycles. The second-order valence-electron chi connectivity index (χ2n) is 10.1. The van der Waals surface area contributed by atoms with Crippen LogP contribution in [0.5, 0.6) is 5.75 Å². The number of carbonyl (C=O) groups excluding carboxylic acids is 1. The van der Waals surface area contributed by atoms with Crippen LogP contribution in [-0.2, 0) is 6.42 Å². The number of aromatic nitrogens is 4. The SMILES string of the molecule is CN1CCN(C(=O)c2cc3cc(Cc4nccc(-c5cc(OC6CCCC6)ccn5)n4)ccc3[nH]2)CC1. The summed E-state index contributed by atoms with van der Waals surface area (Å²) in [6.45, 7) is 3.33. The molecule has 37 heavy (non-hydrogen) atoms. The lowest BCUT2D eigenvalue weighted by molar-refractivity contribution is 0.0659. The fraction of sp³-hybridized carbons (Fsp3) is 0.379. The number of benzene rings is 1. The first-order chi connectivity index (χ1) is 18.1. The molecular formula is C29H32N6O2. The van der Waals surface area contributed by atoms with Crippen molar-refractivity contribution in [2.45, 2.75) is 38.2 Å². The van der Waals surface area contributed by atoms with Crippen LogP contribution in [0, 0.1) is 0 Å². The zero-order valence-corrected chi connectivity index (χ0v) is 21.2. The van der Waals surface area contributed by atoms with Crippen molar-refractivity contribution in [2.75, 3.05) is 33.2 Å². The van der Waals surface area contributed by atoms with Crippen LogP contribution in [0.3, 0.4) is 0 Å². The molecule has 8 nitrogen and oxygen atoms in total. The van der Waals surface area contributed by atoms with Crippen LogP contribution in [0.25, 0.3) is 22.3 Å². The van der Waals surface area contributed by atoms with E-state index in [0.29, 0.717) is 18.2 Å². The minimum Gasteiger partial charge on any atom is -0.490 e. The van der Waals surface area contributed by atoms with Crippen molar-refractivity contribution in [3.05, 3.63) is 71.9 Å². The number of aromatic amines is 1. The molecule has 2 aliphatic rings. The normalized spacial score (nSPS) is 16.9. The third kappa shape index (κ3) is 5.34. The maximum atomic E-state index is 13.0. The van der Waals surface area contributed by atoms with Crippen molar-refractivity contribution in [3.8, 4) is 17.1 Å². The Balaban J connectivity index is 1.17. The van der Waals surface area contributed by atoms with Crippen LogP contribution < -0.4 is 4.74 Å². The maximum absolute atomic E-state index is 13.0. The number of likely N-dealkylation sites (N-methyl/N-ethyl adjacent to an activating group) is 1. The van der Waals surface area contributed by atoms with Crippen molar-refractivity contribution in [3.63, 3.8) is 0 Å². The summed E-state index contributed by atoms with van der Waals surface area (Å²) in [4.78, 5) is 34.3. The van der Waals surface area contributed by atoms with Crippen LogP contribution in [-0.4, -0.2) is 75.0 Å². The molecule has 1 N–H and O–H groups in total. The molecule has 1 saturated carbocycles. The zero-order valence-electron chi connectivity index (χ0n) is 21.2. The highest BCUT2D eigenvalue weighted by Gasteiger charge is 2.22. The second-order valence-corrected chi connectivity index (χ2v) is 10.1. The molecule has 190 valence electrons. The Kier molecular flexibility index (Phi) is 6.57. The smallest absolute Gasteiger partial charge is 0.270 e. The molecule has 0 unspecified atom stereocenters. The van der Waals surface area contributed by atoms with Gasteiger partial charge in [0.1, 0.15) is 17.3 Å². The van der Waals surface area contributed by atoms with Crippen molar-refractivity contribution in [1.29, 1.82) is 0 Å². The Morgan fingerprint density at radius 3 is 2.62 bits per heavy atom. The molecule has 4 aromatic rings. The van der Waals surface area contributed by atoms with Gasteiger partial charge in [0.15, 0.2) is 0 Å². The number of nitrogens with one attached hydrogen (secondary N) is 1. The summed E-state index contributed by atoms with van der Waals surface area (Å²) in [5.41, 5.74) is 4.25. The zero-order chi connectivity index (χ0) is 25.2. The highest BCUT2D eigenvalue weighted by Crippen LogP contribution is 2.26. The summed E-state index contributed by atoms with van der Waals surface area (Å²) in [6, 6.07) is 13.9. The van der Waals surface area contributed by atoms with E-state index >= 15 is 0 Å². The van der Waals surface area contributed by atoms with Gasteiger partial charge in [0.05, 0.1) is 17.5 Å². The number of ether oxygens (including phenoxy) is 1. The topological polar surface area (TPSA) is 87.2 Å². The van der Waals surface area contributed by atoms with E-state index < -0.39 is 0 Å². The minimum absolute atomic E-state index is 0.0634. The molecule has 0 radical (unpaired) electrons. The molecule has 0 bridgehead atoms. The summed E-state index contributed by atoms with van der Waals surface area (Å²) in [6.07, 6.45) is 9.17. The van der Waals surface area contributed by atoms with Gasteiger partial charge >= 0.3 is 0 Å². The number of pyridine rings is 1. The Hall–Kier alpha value is -3.78. The predicted octanol–water partition coefficient (Wildman–Crippen LogP) is 4.32. The number of rotatable bonds is 6. The van der Waals surface area contributed by atoms with Gasteiger partial charge < -0.3 is 19.5 Å². The monoisotopic (exact) mass is 496 g/mol. The Morgan fingerprint density at radius 1 is 0.973 bits per heavy atom. The molecule has 0 atom stereocenters. The van der Waals surface area contributed by atoms with Gasteiger partial charge in [-0.25, -0.2) is 9.97 Å². The summed E-state index contributed by atoms with van der Waals surface area (Å²) < 4.78 is 6.15. The molecule has 1 amide bonds. The molecule has 1 aliphatic heterocycles. The third-order valence-corrected chi connectivity index (χ3v) is 7.37. The van der Waals surface area contributed by atoms with Gasteiger partial charge in [-0.05, 0) is 68.6 Å². The lowest BCUT2D eigenvalue weighted by atomic mass is 10.1. The van der Waals surface area contributed by atoms with E-state index in [1.807, 2.05) is 35.2 Å². The number of nitrogens with zero attached hydrogens (tertiary/aromatic N) is 5. The minimum atomic E-state index is 0.0634. The average molecular weight is 497 g/mol. The molecule has 2 fully saturated rings. The number of amides is 1. The molecule has 0 spiro atoms. The van der Waals surface area contributed by atoms with Gasteiger partial charge in [-0.3, -0.25) is 9.78 Å². The fourth-order valence-electron chi connectivity index (χ4n) is 5.22. The van der Waals surface area contributed by atoms with Gasteiger partial charge in [0.2, 0.25) is 0 Å². The Bertz CT molecular complexity index is 1400. The summed E-state index contributed by atoms with van der Waals surface area (Å²) in [5, 5.41) is 1.02. The summed E-state index contributed by atoms with van der Waals surface area (Å²) in [5.74, 6) is 1.63. The first-order valence-electron chi connectivity index (χ1n) is 13.2. The number of fused-ring (bicyclic) bond motifs is 1. The molecule has 1 aromatic carbocycles. The third-order valence-electron chi connectivity index (χ3n) is 7.37. The summed E-state index contributed by atoms with van der Waals surface area (Å²) in [7, 11) is 2.09. The van der Waals surface area contributed by atoms with E-state index in [1.54, 1.807) is 12.4 Å². The van der Waals surface area contributed by atoms with E-state index in [4.69, 9.17) is 9.72 Å². The molecular weight excluding hydrogens is 464 g/mol. The first kappa shape index (κ1) is 23.6. The molecule has 8 heteroatoms. The van der Waals surface area contributed by atoms with Crippen molar-refractivity contribution in [2.24, 2.45) is 0 Å².